The molecule has 0 spiro atoms. The monoisotopic (exact) mass is 292 g/mol. The van der Waals surface area contributed by atoms with Crippen LogP contribution in [-0.2, 0) is 6.42 Å². The first-order valence-electron chi connectivity index (χ1n) is 8.19. The number of aryl methyl sites for hydroxylation is 3. The van der Waals surface area contributed by atoms with Gasteiger partial charge in [-0.2, -0.15) is 0 Å². The third kappa shape index (κ3) is 2.62. The minimum atomic E-state index is 1.14. The van der Waals surface area contributed by atoms with Gasteiger partial charge in [-0.05, 0) is 79.6 Å². The fourth-order valence-corrected chi connectivity index (χ4v) is 3.28. The molecular formula is C21H26N+. The molecule has 1 aliphatic rings. The van der Waals surface area contributed by atoms with Gasteiger partial charge < -0.3 is 5.32 Å². The molecule has 2 aromatic carbocycles. The summed E-state index contributed by atoms with van der Waals surface area (Å²) in [4.78, 5) is 0. The van der Waals surface area contributed by atoms with Crippen molar-refractivity contribution in [3.05, 3.63) is 68.8 Å². The van der Waals surface area contributed by atoms with Crippen LogP contribution >= 0.6 is 0 Å². The Labute approximate surface area is 134 Å². The highest BCUT2D eigenvalue weighted by atomic mass is 14.9. The topological polar surface area (TPSA) is 16.6 Å². The van der Waals surface area contributed by atoms with Crippen LogP contribution in [0.5, 0.6) is 0 Å². The van der Waals surface area contributed by atoms with E-state index in [0.29, 0.717) is 0 Å². The van der Waals surface area contributed by atoms with Crippen molar-refractivity contribution in [1.82, 2.24) is 0 Å². The van der Waals surface area contributed by atoms with Crippen LogP contribution in [0.2, 0.25) is 0 Å². The molecule has 0 atom stereocenters. The summed E-state index contributed by atoms with van der Waals surface area (Å²) in [6, 6.07) is 9.23. The molecule has 0 saturated carbocycles. The molecule has 0 unspecified atom stereocenters. The Hall–Kier alpha value is -1.86. The van der Waals surface area contributed by atoms with E-state index < -0.39 is 0 Å². The van der Waals surface area contributed by atoms with Gasteiger partial charge in [-0.3, -0.25) is 0 Å². The van der Waals surface area contributed by atoms with E-state index in [-0.39, 0.29) is 0 Å². The van der Waals surface area contributed by atoms with Gasteiger partial charge in [-0.25, -0.2) is 0 Å². The van der Waals surface area contributed by atoms with Crippen LogP contribution in [0, 0.1) is 34.6 Å². The summed E-state index contributed by atoms with van der Waals surface area (Å²) in [7, 11) is 0. The van der Waals surface area contributed by atoms with E-state index in [4.69, 9.17) is 0 Å². The maximum atomic E-state index is 2.39. The molecule has 1 heteroatoms. The number of fused-ring (bicyclic) bond motifs is 1. The fraction of sp³-hybridized carbons (Fsp3) is 0.333. The molecule has 2 aromatic rings. The minimum absolute atomic E-state index is 1.14. The summed E-state index contributed by atoms with van der Waals surface area (Å²) in [5.74, 6) is 0. The van der Waals surface area contributed by atoms with Crippen molar-refractivity contribution in [2.75, 3.05) is 6.54 Å². The molecule has 2 N–H and O–H groups in total. The van der Waals surface area contributed by atoms with Gasteiger partial charge in [0, 0.05) is 18.1 Å². The fourth-order valence-electron chi connectivity index (χ4n) is 3.28. The van der Waals surface area contributed by atoms with E-state index in [2.05, 4.69) is 70.3 Å². The lowest BCUT2D eigenvalue weighted by Crippen LogP contribution is -2.82. The quantitative estimate of drug-likeness (QED) is 0.822. The van der Waals surface area contributed by atoms with Crippen LogP contribution in [0.3, 0.4) is 0 Å². The SMILES string of the molecule is Cc1cc2c(cc1C)/C(=C/c1ccc(C)c(C)c1C)[NH2+]CC2. The first-order chi connectivity index (χ1) is 10.5. The van der Waals surface area contributed by atoms with E-state index >= 15 is 0 Å². The summed E-state index contributed by atoms with van der Waals surface area (Å²) >= 11 is 0. The molecule has 1 heterocycles. The van der Waals surface area contributed by atoms with Gasteiger partial charge in [0.25, 0.3) is 0 Å². The normalized spacial score (nSPS) is 16.0. The van der Waals surface area contributed by atoms with Crippen LogP contribution in [0.4, 0.5) is 0 Å². The average Bonchev–Trinajstić information content (AvgIpc) is 2.50. The molecule has 0 fully saturated rings. The number of nitrogens with two attached hydrogens (primary N) is 1. The standard InChI is InChI=1S/C21H25N/c1-13-6-7-18(17(5)16(13)4)12-21-20-11-15(3)14(2)10-19(20)8-9-22-21/h6-7,10-12,22H,8-9H2,1-5H3/p+1/b21-12-. The highest BCUT2D eigenvalue weighted by Crippen LogP contribution is 2.26. The predicted octanol–water partition coefficient (Wildman–Crippen LogP) is 3.85. The Bertz CT molecular complexity index is 766. The van der Waals surface area contributed by atoms with Crippen molar-refractivity contribution in [2.45, 2.75) is 41.0 Å². The predicted molar refractivity (Wildman–Crippen MR) is 94.9 cm³/mol. The number of quaternary nitrogens is 1. The van der Waals surface area contributed by atoms with Gasteiger partial charge in [0.2, 0.25) is 0 Å². The second-order valence-electron chi connectivity index (χ2n) is 6.66. The zero-order valence-electron chi connectivity index (χ0n) is 14.4. The summed E-state index contributed by atoms with van der Waals surface area (Å²) < 4.78 is 0. The number of benzene rings is 2. The highest BCUT2D eigenvalue weighted by Gasteiger charge is 2.19. The summed E-state index contributed by atoms with van der Waals surface area (Å²) in [6.07, 6.45) is 3.54. The maximum Gasteiger partial charge on any atom is 0.137 e. The summed E-state index contributed by atoms with van der Waals surface area (Å²) in [6.45, 7) is 12.2. The number of hydrogen-bond acceptors (Lipinski definition) is 0. The lowest BCUT2D eigenvalue weighted by molar-refractivity contribution is -0.564. The van der Waals surface area contributed by atoms with Gasteiger partial charge in [-0.1, -0.05) is 18.2 Å². The zero-order valence-corrected chi connectivity index (χ0v) is 14.4. The molecule has 0 aliphatic carbocycles. The van der Waals surface area contributed by atoms with Gasteiger partial charge in [-0.15, -0.1) is 0 Å². The maximum absolute atomic E-state index is 2.39. The van der Waals surface area contributed by atoms with Crippen LogP contribution in [0.1, 0.15) is 44.5 Å². The molecule has 0 radical (unpaired) electrons. The number of rotatable bonds is 1. The van der Waals surface area contributed by atoms with Gasteiger partial charge >= 0.3 is 0 Å². The molecule has 1 aliphatic heterocycles. The van der Waals surface area contributed by atoms with Crippen LogP contribution in [0.15, 0.2) is 24.3 Å². The molecule has 1 nitrogen and oxygen atoms in total. The van der Waals surface area contributed by atoms with Crippen LogP contribution in [0.25, 0.3) is 11.8 Å². The van der Waals surface area contributed by atoms with Crippen molar-refractivity contribution in [3.8, 4) is 0 Å². The zero-order chi connectivity index (χ0) is 15.9. The lowest BCUT2D eigenvalue weighted by atomic mass is 9.91. The highest BCUT2D eigenvalue weighted by molar-refractivity contribution is 5.79. The second-order valence-corrected chi connectivity index (χ2v) is 6.66. The van der Waals surface area contributed by atoms with E-state index in [1.165, 1.54) is 56.6 Å². The van der Waals surface area contributed by atoms with Crippen molar-refractivity contribution in [3.63, 3.8) is 0 Å². The van der Waals surface area contributed by atoms with E-state index in [1.807, 2.05) is 0 Å². The van der Waals surface area contributed by atoms with E-state index in [1.54, 1.807) is 0 Å². The van der Waals surface area contributed by atoms with Gasteiger partial charge in [0.05, 0.1) is 6.54 Å². The number of hydrogen-bond donors (Lipinski definition) is 1. The van der Waals surface area contributed by atoms with Crippen LogP contribution in [-0.4, -0.2) is 6.54 Å². The Morgan fingerprint density at radius 3 is 2.36 bits per heavy atom. The van der Waals surface area contributed by atoms with Crippen molar-refractivity contribution >= 4 is 11.8 Å². The molecule has 3 rings (SSSR count). The molecular weight excluding hydrogens is 266 g/mol. The summed E-state index contributed by atoms with van der Waals surface area (Å²) in [5, 5.41) is 2.39. The molecule has 0 aromatic heterocycles. The van der Waals surface area contributed by atoms with E-state index in [9.17, 15) is 0 Å². The van der Waals surface area contributed by atoms with Gasteiger partial charge in [0.1, 0.15) is 5.70 Å². The largest absolute Gasteiger partial charge is 0.313 e. The Morgan fingerprint density at radius 1 is 0.864 bits per heavy atom. The molecule has 22 heavy (non-hydrogen) atoms. The Balaban J connectivity index is 2.12. The van der Waals surface area contributed by atoms with Gasteiger partial charge in [0.15, 0.2) is 0 Å². The van der Waals surface area contributed by atoms with Crippen molar-refractivity contribution < 1.29 is 5.32 Å². The molecule has 0 bridgehead atoms. The first-order valence-corrected chi connectivity index (χ1v) is 8.19. The van der Waals surface area contributed by atoms with Crippen molar-refractivity contribution in [1.29, 1.82) is 0 Å². The second kappa shape index (κ2) is 5.73. The average molecular weight is 292 g/mol. The molecule has 0 saturated heterocycles. The molecule has 114 valence electrons. The van der Waals surface area contributed by atoms with E-state index in [0.717, 1.165) is 6.54 Å². The minimum Gasteiger partial charge on any atom is -0.313 e. The molecule has 0 amide bonds. The first kappa shape index (κ1) is 15.1. The Kier molecular flexibility index (Phi) is 3.92. The van der Waals surface area contributed by atoms with Crippen molar-refractivity contribution in [2.24, 2.45) is 0 Å². The Morgan fingerprint density at radius 2 is 1.59 bits per heavy atom. The smallest absolute Gasteiger partial charge is 0.137 e. The third-order valence-electron chi connectivity index (χ3n) is 5.22. The summed E-state index contributed by atoms with van der Waals surface area (Å²) in [5.41, 5.74) is 12.6. The van der Waals surface area contributed by atoms with Crippen LogP contribution < -0.4 is 5.32 Å². The third-order valence-corrected chi connectivity index (χ3v) is 5.22. The lowest BCUT2D eigenvalue weighted by Gasteiger charge is -2.19.